The molecule has 1 nitrogen and oxygen atoms in total. The lowest BCUT2D eigenvalue weighted by Gasteiger charge is -2.20. The molecule has 2 heteroatoms. The summed E-state index contributed by atoms with van der Waals surface area (Å²) in [6, 6.07) is 1.07. The number of unbranched alkanes of at least 4 members (excludes halogenated alkanes) is 1. The van der Waals surface area contributed by atoms with E-state index < -0.39 is 8.32 Å². The highest BCUT2D eigenvalue weighted by Gasteiger charge is 2.19. The van der Waals surface area contributed by atoms with Crippen molar-refractivity contribution in [3.8, 4) is 0 Å². The Morgan fingerprint density at radius 3 is 2.55 bits per heavy atom. The van der Waals surface area contributed by atoms with Gasteiger partial charge in [-0.05, 0) is 25.6 Å². The zero-order valence-corrected chi connectivity index (χ0v) is 9.02. The first kappa shape index (κ1) is 10.9. The third kappa shape index (κ3) is 6.32. The van der Waals surface area contributed by atoms with Gasteiger partial charge in [0.15, 0.2) is 8.32 Å². The van der Waals surface area contributed by atoms with Crippen molar-refractivity contribution in [1.29, 1.82) is 0 Å². The SMILES string of the molecule is C=CC[Si](C)(C)OCCCC. The van der Waals surface area contributed by atoms with E-state index in [0.717, 1.165) is 12.7 Å². The van der Waals surface area contributed by atoms with Gasteiger partial charge in [0, 0.05) is 6.61 Å². The van der Waals surface area contributed by atoms with Crippen molar-refractivity contribution >= 4 is 8.32 Å². The molecule has 0 aliphatic carbocycles. The maximum Gasteiger partial charge on any atom is 0.190 e. The van der Waals surface area contributed by atoms with Gasteiger partial charge in [0.2, 0.25) is 0 Å². The molecule has 0 aliphatic heterocycles. The zero-order chi connectivity index (χ0) is 8.74. The Hall–Kier alpha value is -0.0831. The first-order chi connectivity index (χ1) is 5.12. The predicted molar refractivity (Wildman–Crippen MR) is 53.3 cm³/mol. The van der Waals surface area contributed by atoms with E-state index in [9.17, 15) is 0 Å². The fraction of sp³-hybridized carbons (Fsp3) is 0.778. The van der Waals surface area contributed by atoms with Crippen molar-refractivity contribution < 1.29 is 4.43 Å². The van der Waals surface area contributed by atoms with E-state index >= 15 is 0 Å². The number of rotatable bonds is 6. The number of allylic oxidation sites excluding steroid dienone is 1. The Morgan fingerprint density at radius 1 is 1.45 bits per heavy atom. The van der Waals surface area contributed by atoms with Gasteiger partial charge in [0.1, 0.15) is 0 Å². The van der Waals surface area contributed by atoms with E-state index in [1.165, 1.54) is 12.8 Å². The standard InChI is InChI=1S/C9H20OSi/c1-5-7-8-10-11(3,4)9-6-2/h6H,2,5,7-9H2,1,3-4H3. The fourth-order valence-corrected chi connectivity index (χ4v) is 2.41. The van der Waals surface area contributed by atoms with E-state index in [1.54, 1.807) is 0 Å². The maximum absolute atomic E-state index is 5.78. The van der Waals surface area contributed by atoms with Gasteiger partial charge in [0.25, 0.3) is 0 Å². The zero-order valence-electron chi connectivity index (χ0n) is 8.02. The van der Waals surface area contributed by atoms with Gasteiger partial charge in [-0.3, -0.25) is 0 Å². The Balaban J connectivity index is 3.45. The molecule has 0 atom stereocenters. The van der Waals surface area contributed by atoms with Gasteiger partial charge < -0.3 is 4.43 Å². The third-order valence-corrected chi connectivity index (χ3v) is 3.88. The molecular weight excluding hydrogens is 152 g/mol. The summed E-state index contributed by atoms with van der Waals surface area (Å²) in [5.74, 6) is 0. The van der Waals surface area contributed by atoms with Gasteiger partial charge in [-0.2, -0.15) is 0 Å². The molecule has 0 rings (SSSR count). The highest BCUT2D eigenvalue weighted by molar-refractivity contribution is 6.71. The molecular formula is C9H20OSi. The van der Waals surface area contributed by atoms with Crippen LogP contribution in [0.1, 0.15) is 19.8 Å². The Morgan fingerprint density at radius 2 is 2.09 bits per heavy atom. The second-order valence-electron chi connectivity index (χ2n) is 3.45. The van der Waals surface area contributed by atoms with Crippen LogP contribution in [0.3, 0.4) is 0 Å². The minimum atomic E-state index is -1.36. The molecule has 0 fully saturated rings. The molecule has 0 spiro atoms. The quantitative estimate of drug-likeness (QED) is 0.340. The Kier molecular flexibility index (Phi) is 5.51. The van der Waals surface area contributed by atoms with Crippen molar-refractivity contribution in [2.75, 3.05) is 6.61 Å². The van der Waals surface area contributed by atoms with Crippen LogP contribution in [0.4, 0.5) is 0 Å². The van der Waals surface area contributed by atoms with Crippen molar-refractivity contribution in [3.05, 3.63) is 12.7 Å². The topological polar surface area (TPSA) is 9.23 Å². The maximum atomic E-state index is 5.78. The normalized spacial score (nSPS) is 11.5. The monoisotopic (exact) mass is 172 g/mol. The van der Waals surface area contributed by atoms with Crippen LogP contribution in [0.2, 0.25) is 19.1 Å². The average Bonchev–Trinajstić information content (AvgIpc) is 1.87. The first-order valence-electron chi connectivity index (χ1n) is 4.37. The highest BCUT2D eigenvalue weighted by atomic mass is 28.4. The van der Waals surface area contributed by atoms with E-state index in [-0.39, 0.29) is 0 Å². The summed E-state index contributed by atoms with van der Waals surface area (Å²) in [4.78, 5) is 0. The van der Waals surface area contributed by atoms with Crippen molar-refractivity contribution in [1.82, 2.24) is 0 Å². The molecule has 0 saturated carbocycles. The molecule has 0 N–H and O–H groups in total. The molecule has 0 amide bonds. The van der Waals surface area contributed by atoms with E-state index in [2.05, 4.69) is 26.6 Å². The lowest BCUT2D eigenvalue weighted by atomic mass is 10.4. The van der Waals surface area contributed by atoms with Crippen molar-refractivity contribution in [3.63, 3.8) is 0 Å². The van der Waals surface area contributed by atoms with E-state index in [0.29, 0.717) is 0 Å². The average molecular weight is 172 g/mol. The van der Waals surface area contributed by atoms with E-state index in [4.69, 9.17) is 4.43 Å². The first-order valence-corrected chi connectivity index (χ1v) is 7.49. The summed E-state index contributed by atoms with van der Waals surface area (Å²) in [5.41, 5.74) is 0. The van der Waals surface area contributed by atoms with Crippen LogP contribution in [-0.2, 0) is 4.43 Å². The van der Waals surface area contributed by atoms with Crippen LogP contribution >= 0.6 is 0 Å². The van der Waals surface area contributed by atoms with E-state index in [1.807, 2.05) is 6.08 Å². The van der Waals surface area contributed by atoms with Crippen LogP contribution in [-0.4, -0.2) is 14.9 Å². The number of hydrogen-bond acceptors (Lipinski definition) is 1. The summed E-state index contributed by atoms with van der Waals surface area (Å²) < 4.78 is 5.78. The van der Waals surface area contributed by atoms with Crippen LogP contribution in [0.25, 0.3) is 0 Å². The Bertz CT molecular complexity index is 110. The fourth-order valence-electron chi connectivity index (χ4n) is 0.899. The van der Waals surface area contributed by atoms with Crippen LogP contribution in [0.15, 0.2) is 12.7 Å². The minimum absolute atomic E-state index is 0.934. The lowest BCUT2D eigenvalue weighted by molar-refractivity contribution is 0.301. The Labute approximate surface area is 71.6 Å². The predicted octanol–water partition coefficient (Wildman–Crippen LogP) is 3.19. The number of hydrogen-bond donors (Lipinski definition) is 0. The highest BCUT2D eigenvalue weighted by Crippen LogP contribution is 2.11. The second-order valence-corrected chi connectivity index (χ2v) is 7.67. The molecule has 0 aliphatic rings. The molecule has 11 heavy (non-hydrogen) atoms. The second kappa shape index (κ2) is 5.55. The molecule has 0 bridgehead atoms. The summed E-state index contributed by atoms with van der Waals surface area (Å²) in [7, 11) is -1.36. The lowest BCUT2D eigenvalue weighted by Crippen LogP contribution is -2.29. The van der Waals surface area contributed by atoms with Crippen LogP contribution in [0, 0.1) is 0 Å². The minimum Gasteiger partial charge on any atom is -0.417 e. The largest absolute Gasteiger partial charge is 0.417 e. The molecule has 0 aromatic heterocycles. The third-order valence-electron chi connectivity index (χ3n) is 1.63. The summed E-state index contributed by atoms with van der Waals surface area (Å²) >= 11 is 0. The van der Waals surface area contributed by atoms with Crippen LogP contribution in [0.5, 0.6) is 0 Å². The molecule has 0 saturated heterocycles. The van der Waals surface area contributed by atoms with Gasteiger partial charge in [0.05, 0.1) is 0 Å². The van der Waals surface area contributed by atoms with Gasteiger partial charge >= 0.3 is 0 Å². The summed E-state index contributed by atoms with van der Waals surface area (Å²) in [5, 5.41) is 0. The van der Waals surface area contributed by atoms with Gasteiger partial charge in [-0.25, -0.2) is 0 Å². The van der Waals surface area contributed by atoms with Gasteiger partial charge in [-0.15, -0.1) is 6.58 Å². The molecule has 0 aromatic carbocycles. The molecule has 0 aromatic rings. The van der Waals surface area contributed by atoms with Crippen molar-refractivity contribution in [2.45, 2.75) is 38.9 Å². The van der Waals surface area contributed by atoms with Crippen LogP contribution < -0.4 is 0 Å². The summed E-state index contributed by atoms with van der Waals surface area (Å²) in [6.07, 6.45) is 4.38. The van der Waals surface area contributed by atoms with Gasteiger partial charge in [-0.1, -0.05) is 19.4 Å². The molecule has 0 unspecified atom stereocenters. The summed E-state index contributed by atoms with van der Waals surface area (Å²) in [6.45, 7) is 11.3. The smallest absolute Gasteiger partial charge is 0.190 e. The molecule has 0 radical (unpaired) electrons. The molecule has 0 heterocycles. The molecule has 66 valence electrons. The van der Waals surface area contributed by atoms with Crippen molar-refractivity contribution in [2.24, 2.45) is 0 Å².